The third kappa shape index (κ3) is 4.91. The molecule has 8 heteroatoms. The third-order valence-electron chi connectivity index (χ3n) is 17.3. The number of carbonyl (C=O) groups is 1. The van der Waals surface area contributed by atoms with Crippen molar-refractivity contribution in [2.75, 3.05) is 19.7 Å². The van der Waals surface area contributed by atoms with Gasteiger partial charge in [-0.15, -0.1) is 0 Å². The Morgan fingerprint density at radius 1 is 0.980 bits per heavy atom. The van der Waals surface area contributed by atoms with E-state index >= 15 is 0 Å². The minimum absolute atomic E-state index is 0.0426. The second kappa shape index (κ2) is 11.6. The van der Waals surface area contributed by atoms with E-state index in [4.69, 9.17) is 18.9 Å². The van der Waals surface area contributed by atoms with Gasteiger partial charge in [0.25, 0.3) is 0 Å². The molecule has 4 unspecified atom stereocenters. The molecule has 8 nitrogen and oxygen atoms in total. The zero-order valence-corrected chi connectivity index (χ0v) is 31.8. The van der Waals surface area contributed by atoms with Crippen LogP contribution in [0.4, 0.5) is 0 Å². The van der Waals surface area contributed by atoms with Crippen LogP contribution >= 0.6 is 0 Å². The number of hydrogen-bond donors (Lipinski definition) is 2. The normalized spacial score (nSPS) is 51.5. The van der Waals surface area contributed by atoms with Crippen LogP contribution in [0.25, 0.3) is 0 Å². The number of rotatable bonds is 6. The van der Waals surface area contributed by atoms with Crippen molar-refractivity contribution in [1.82, 2.24) is 4.90 Å². The van der Waals surface area contributed by atoms with Crippen LogP contribution < -0.4 is 0 Å². The summed E-state index contributed by atoms with van der Waals surface area (Å²) in [5.41, 5.74) is -0.874. The van der Waals surface area contributed by atoms with E-state index in [1.165, 1.54) is 58.3 Å². The van der Waals surface area contributed by atoms with Crippen LogP contribution in [-0.4, -0.2) is 89.2 Å². The summed E-state index contributed by atoms with van der Waals surface area (Å²) >= 11 is 0. The zero-order chi connectivity index (χ0) is 34.9. The Balaban J connectivity index is 1.02. The van der Waals surface area contributed by atoms with Gasteiger partial charge in [-0.3, -0.25) is 9.69 Å². The van der Waals surface area contributed by atoms with Crippen LogP contribution in [0.15, 0.2) is 0 Å². The van der Waals surface area contributed by atoms with Gasteiger partial charge in [-0.2, -0.15) is 0 Å². The molecular weight excluding hydrogens is 618 g/mol. The molecule has 49 heavy (non-hydrogen) atoms. The quantitative estimate of drug-likeness (QED) is 0.307. The van der Waals surface area contributed by atoms with Gasteiger partial charge in [0, 0.05) is 31.5 Å². The van der Waals surface area contributed by atoms with E-state index in [0.29, 0.717) is 29.7 Å². The molecule has 0 amide bonds. The summed E-state index contributed by atoms with van der Waals surface area (Å²) in [6.45, 7) is 19.7. The van der Waals surface area contributed by atoms with Gasteiger partial charge in [0.05, 0.1) is 36.6 Å². The van der Waals surface area contributed by atoms with Gasteiger partial charge in [-0.05, 0) is 123 Å². The van der Waals surface area contributed by atoms with Gasteiger partial charge >= 0.3 is 5.97 Å². The van der Waals surface area contributed by atoms with E-state index in [1.54, 1.807) is 13.8 Å². The largest absolute Gasteiger partial charge is 0.457 e. The van der Waals surface area contributed by atoms with Crippen LogP contribution in [0.2, 0.25) is 0 Å². The summed E-state index contributed by atoms with van der Waals surface area (Å²) in [7, 11) is 0. The highest BCUT2D eigenvalue weighted by Crippen LogP contribution is 2.89. The van der Waals surface area contributed by atoms with Crippen LogP contribution in [0.3, 0.4) is 0 Å². The fourth-order valence-electron chi connectivity index (χ4n) is 15.1. The van der Waals surface area contributed by atoms with E-state index < -0.39 is 29.9 Å². The van der Waals surface area contributed by atoms with Crippen molar-refractivity contribution in [3.63, 3.8) is 0 Å². The number of hydrogen-bond acceptors (Lipinski definition) is 8. The van der Waals surface area contributed by atoms with Crippen molar-refractivity contribution >= 4 is 5.97 Å². The fourth-order valence-corrected chi connectivity index (χ4v) is 15.1. The Hall–Kier alpha value is -0.770. The predicted molar refractivity (Wildman–Crippen MR) is 186 cm³/mol. The van der Waals surface area contributed by atoms with Crippen molar-refractivity contribution in [3.8, 4) is 0 Å². The Morgan fingerprint density at radius 3 is 2.37 bits per heavy atom. The molecular formula is C41H67NO7. The molecule has 278 valence electrons. The van der Waals surface area contributed by atoms with Gasteiger partial charge in [-0.25, -0.2) is 0 Å². The molecule has 2 saturated heterocycles. The van der Waals surface area contributed by atoms with Crippen molar-refractivity contribution in [3.05, 3.63) is 0 Å². The lowest BCUT2D eigenvalue weighted by molar-refractivity contribution is -0.251. The van der Waals surface area contributed by atoms with Crippen molar-refractivity contribution < 1.29 is 34.0 Å². The Morgan fingerprint density at radius 2 is 1.67 bits per heavy atom. The number of morpholine rings is 1. The number of ether oxygens (including phenoxy) is 4. The molecule has 0 bridgehead atoms. The lowest BCUT2D eigenvalue weighted by Gasteiger charge is -2.64. The number of carbonyl (C=O) groups excluding carboxylic acids is 1. The van der Waals surface area contributed by atoms with Crippen LogP contribution in [-0.2, 0) is 23.7 Å². The molecule has 8 aliphatic rings. The van der Waals surface area contributed by atoms with E-state index in [0.717, 1.165) is 39.0 Å². The highest BCUT2D eigenvalue weighted by Gasteiger charge is 2.84. The average molecular weight is 686 g/mol. The summed E-state index contributed by atoms with van der Waals surface area (Å²) in [6, 6.07) is 0.712. The van der Waals surface area contributed by atoms with E-state index in [9.17, 15) is 15.0 Å². The topological polar surface area (TPSA) is 97.7 Å². The molecule has 0 aromatic carbocycles. The summed E-state index contributed by atoms with van der Waals surface area (Å²) in [5.74, 6) is 1.17. The molecule has 8 rings (SSSR count). The van der Waals surface area contributed by atoms with E-state index in [2.05, 4.69) is 39.5 Å². The van der Waals surface area contributed by atoms with Crippen molar-refractivity contribution in [2.45, 2.75) is 181 Å². The van der Waals surface area contributed by atoms with Crippen molar-refractivity contribution in [1.29, 1.82) is 0 Å². The maximum absolute atomic E-state index is 12.6. The first-order valence-electron chi connectivity index (χ1n) is 20.2. The number of nitrogens with zero attached hydrogens (tertiary/aromatic N) is 1. The van der Waals surface area contributed by atoms with Crippen LogP contribution in [0.1, 0.15) is 132 Å². The summed E-state index contributed by atoms with van der Waals surface area (Å²) < 4.78 is 25.9. The number of esters is 1. The minimum atomic E-state index is -1.25. The van der Waals surface area contributed by atoms with E-state index in [1.807, 2.05) is 0 Å². The second-order valence-electron chi connectivity index (χ2n) is 20.1. The fraction of sp³-hybridized carbons (Fsp3) is 0.976. The van der Waals surface area contributed by atoms with Gasteiger partial charge in [0.1, 0.15) is 0 Å². The van der Waals surface area contributed by atoms with Crippen molar-refractivity contribution in [2.24, 2.45) is 50.7 Å². The summed E-state index contributed by atoms with van der Waals surface area (Å²) in [6.07, 6.45) is 12.3. The van der Waals surface area contributed by atoms with Gasteiger partial charge in [0.15, 0.2) is 12.4 Å². The van der Waals surface area contributed by atoms with Gasteiger partial charge < -0.3 is 29.2 Å². The first kappa shape index (κ1) is 35.3. The van der Waals surface area contributed by atoms with E-state index in [-0.39, 0.29) is 52.0 Å². The molecule has 14 atom stereocenters. The molecule has 6 saturated carbocycles. The molecule has 2 aliphatic heterocycles. The minimum Gasteiger partial charge on any atom is -0.457 e. The molecule has 0 aromatic heterocycles. The number of aliphatic hydroxyl groups is 2. The summed E-state index contributed by atoms with van der Waals surface area (Å²) in [5, 5.41) is 23.7. The number of aliphatic hydroxyl groups excluding tert-OH is 1. The van der Waals surface area contributed by atoms with Crippen LogP contribution in [0.5, 0.6) is 0 Å². The van der Waals surface area contributed by atoms with Crippen LogP contribution in [0, 0.1) is 50.7 Å². The maximum Gasteiger partial charge on any atom is 0.303 e. The highest BCUT2D eigenvalue weighted by atomic mass is 16.7. The third-order valence-corrected chi connectivity index (χ3v) is 17.3. The average Bonchev–Trinajstić information content (AvgIpc) is 3.29. The lowest BCUT2D eigenvalue weighted by atomic mass is 9.41. The Labute approximate surface area is 295 Å². The SMILES string of the molecule is CC(=O)O[C@@H]([C@H]1CC(C)C2C(O1)[C@H](O)[C@@]1(C)[C@@H]3CC[C@H]4C(C)(C)[C@@H](OC5CN(C6CCCC6)CCO5)CC[C@@]45C[C@@]35CC[C@]21C)C(C)(C)O. The standard InChI is InChI=1S/C41H67NO7/c1-24-21-27(35(37(5,6)45)47-25(2)43)48-33-32(24)38(7)17-18-41-23-40(41)16-15-30(49-31-22-42(19-20-46-31)26-11-9-10-12-26)36(3,4)28(40)13-14-29(41)39(38,8)34(33)44/h24,26-35,44-45H,9-23H2,1-8H3/t24?,27-,28+,29+,30+,31?,32?,33?,34+,35+,38-,39-,40-,41+/m1/s1. The summed E-state index contributed by atoms with van der Waals surface area (Å²) in [4.78, 5) is 14.8. The monoisotopic (exact) mass is 685 g/mol. The molecule has 0 aromatic rings. The Kier molecular flexibility index (Phi) is 8.36. The molecule has 2 N–H and O–H groups in total. The molecule has 2 heterocycles. The Bertz CT molecular complexity index is 1290. The lowest BCUT2D eigenvalue weighted by Crippen LogP contribution is -2.60. The molecule has 8 fully saturated rings. The first-order chi connectivity index (χ1) is 23.0. The molecule has 6 aliphatic carbocycles. The maximum atomic E-state index is 12.6. The zero-order valence-electron chi connectivity index (χ0n) is 31.8. The second-order valence-corrected chi connectivity index (χ2v) is 20.1. The van der Waals surface area contributed by atoms with Gasteiger partial charge in [-0.1, -0.05) is 47.5 Å². The predicted octanol–water partition coefficient (Wildman–Crippen LogP) is 6.49. The smallest absolute Gasteiger partial charge is 0.303 e. The first-order valence-corrected chi connectivity index (χ1v) is 20.2. The molecule has 0 radical (unpaired) electrons. The molecule has 2 spiro atoms. The van der Waals surface area contributed by atoms with Gasteiger partial charge in [0.2, 0.25) is 0 Å². The highest BCUT2D eigenvalue weighted by molar-refractivity contribution is 5.66. The number of fused-ring (bicyclic) bond motifs is 4.